The Morgan fingerprint density at radius 3 is 1.63 bits per heavy atom. The van der Waals surface area contributed by atoms with E-state index >= 15 is 0 Å². The fraction of sp³-hybridized carbons (Fsp3) is 0. The number of furan rings is 1. The summed E-state index contributed by atoms with van der Waals surface area (Å²) in [7, 11) is 0. The Balaban J connectivity index is 1.54. The summed E-state index contributed by atoms with van der Waals surface area (Å²) in [5.74, 6) is 0. The van der Waals surface area contributed by atoms with Crippen molar-refractivity contribution >= 4 is 66.4 Å². The van der Waals surface area contributed by atoms with E-state index in [1.54, 1.807) is 0 Å². The second kappa shape index (κ2) is 8.14. The van der Waals surface area contributed by atoms with E-state index in [4.69, 9.17) is 26.0 Å². The molecule has 0 fully saturated rings. The SMILES string of the molecule is Clc1ccc2oc3nc4c5cc(-c6ccccc6)ccc5c5ccc(-c6ccccc6)cc5c4nc3c2c1. The molecule has 0 N–H and O–H groups in total. The molecule has 4 heteroatoms. The standard InChI is InChI=1S/C34H19ClN2O/c35-24-13-16-30-29(19-24)33-34(38-30)37-32-28-18-23(21-9-5-2-6-10-21)12-15-26(28)25-14-11-22(17-27(25)31(32)36-33)20-7-3-1-4-8-20/h1-19H. The van der Waals surface area contributed by atoms with Gasteiger partial charge >= 0.3 is 0 Å². The number of fused-ring (bicyclic) bond motifs is 9. The van der Waals surface area contributed by atoms with E-state index in [-0.39, 0.29) is 0 Å². The van der Waals surface area contributed by atoms with Gasteiger partial charge in [-0.2, -0.15) is 0 Å². The molecule has 178 valence electrons. The molecule has 0 bridgehead atoms. The van der Waals surface area contributed by atoms with Gasteiger partial charge in [-0.05, 0) is 63.4 Å². The molecular formula is C34H19ClN2O. The fourth-order valence-corrected chi connectivity index (χ4v) is 5.67. The van der Waals surface area contributed by atoms with Crippen LogP contribution in [-0.2, 0) is 0 Å². The maximum absolute atomic E-state index is 6.34. The van der Waals surface area contributed by atoms with Crippen LogP contribution in [0.2, 0.25) is 5.02 Å². The van der Waals surface area contributed by atoms with Crippen LogP contribution < -0.4 is 0 Å². The second-order valence-electron chi connectivity index (χ2n) is 9.57. The number of hydrogen-bond donors (Lipinski definition) is 0. The minimum Gasteiger partial charge on any atom is -0.436 e. The van der Waals surface area contributed by atoms with Gasteiger partial charge in [0.1, 0.15) is 16.6 Å². The molecule has 38 heavy (non-hydrogen) atoms. The van der Waals surface area contributed by atoms with Crippen molar-refractivity contribution in [1.82, 2.24) is 9.97 Å². The molecule has 3 nitrogen and oxygen atoms in total. The van der Waals surface area contributed by atoms with Crippen molar-refractivity contribution in [2.24, 2.45) is 0 Å². The van der Waals surface area contributed by atoms with E-state index < -0.39 is 0 Å². The Kier molecular flexibility index (Phi) is 4.58. The number of hydrogen-bond acceptors (Lipinski definition) is 3. The van der Waals surface area contributed by atoms with E-state index in [1.807, 2.05) is 30.3 Å². The molecule has 2 aromatic heterocycles. The summed E-state index contributed by atoms with van der Waals surface area (Å²) >= 11 is 6.34. The van der Waals surface area contributed by atoms with Crippen molar-refractivity contribution in [2.45, 2.75) is 0 Å². The summed E-state index contributed by atoms with van der Waals surface area (Å²) in [5, 5.41) is 5.91. The van der Waals surface area contributed by atoms with Crippen LogP contribution in [0.15, 0.2) is 120 Å². The molecule has 0 unspecified atom stereocenters. The van der Waals surface area contributed by atoms with Gasteiger partial charge in [0.05, 0.1) is 10.9 Å². The lowest BCUT2D eigenvalue weighted by Gasteiger charge is -2.12. The van der Waals surface area contributed by atoms with Gasteiger partial charge in [0.25, 0.3) is 0 Å². The average molecular weight is 507 g/mol. The highest BCUT2D eigenvalue weighted by Crippen LogP contribution is 2.39. The van der Waals surface area contributed by atoms with Gasteiger partial charge < -0.3 is 4.42 Å². The van der Waals surface area contributed by atoms with Crippen LogP contribution in [0, 0.1) is 0 Å². The molecular weight excluding hydrogens is 488 g/mol. The van der Waals surface area contributed by atoms with Gasteiger partial charge in [-0.15, -0.1) is 0 Å². The Labute approximate surface area is 222 Å². The lowest BCUT2D eigenvalue weighted by molar-refractivity contribution is 0.655. The van der Waals surface area contributed by atoms with Crippen LogP contribution in [0.4, 0.5) is 0 Å². The van der Waals surface area contributed by atoms with Crippen molar-refractivity contribution in [2.75, 3.05) is 0 Å². The Morgan fingerprint density at radius 2 is 1.03 bits per heavy atom. The molecule has 0 saturated heterocycles. The summed E-state index contributed by atoms with van der Waals surface area (Å²) in [6, 6.07) is 39.7. The van der Waals surface area contributed by atoms with Gasteiger partial charge in [-0.3, -0.25) is 0 Å². The number of benzene rings is 6. The molecule has 0 aliphatic rings. The zero-order chi connectivity index (χ0) is 25.2. The smallest absolute Gasteiger partial charge is 0.246 e. The largest absolute Gasteiger partial charge is 0.436 e. The van der Waals surface area contributed by atoms with Gasteiger partial charge in [-0.1, -0.05) is 96.5 Å². The van der Waals surface area contributed by atoms with Crippen molar-refractivity contribution in [3.8, 4) is 22.3 Å². The lowest BCUT2D eigenvalue weighted by Crippen LogP contribution is -1.91. The zero-order valence-electron chi connectivity index (χ0n) is 20.2. The topological polar surface area (TPSA) is 38.9 Å². The van der Waals surface area contributed by atoms with Crippen molar-refractivity contribution in [3.05, 3.63) is 120 Å². The van der Waals surface area contributed by atoms with Crippen LogP contribution in [0.1, 0.15) is 0 Å². The molecule has 2 heterocycles. The Hall–Kier alpha value is -4.73. The fourth-order valence-electron chi connectivity index (χ4n) is 5.49. The molecule has 0 radical (unpaired) electrons. The highest BCUT2D eigenvalue weighted by Gasteiger charge is 2.18. The molecule has 0 spiro atoms. The van der Waals surface area contributed by atoms with Crippen LogP contribution in [0.3, 0.4) is 0 Å². The predicted octanol–water partition coefficient (Wildman–Crippen LogP) is 9.82. The number of halogens is 1. The third-order valence-corrected chi connectivity index (χ3v) is 7.56. The molecule has 0 amide bonds. The summed E-state index contributed by atoms with van der Waals surface area (Å²) in [4.78, 5) is 10.3. The van der Waals surface area contributed by atoms with E-state index in [0.29, 0.717) is 10.7 Å². The van der Waals surface area contributed by atoms with Gasteiger partial charge in [0.2, 0.25) is 5.71 Å². The summed E-state index contributed by atoms with van der Waals surface area (Å²) < 4.78 is 6.15. The monoisotopic (exact) mass is 506 g/mol. The van der Waals surface area contributed by atoms with E-state index in [2.05, 4.69) is 84.9 Å². The first-order valence-electron chi connectivity index (χ1n) is 12.5. The minimum atomic E-state index is 0.514. The minimum absolute atomic E-state index is 0.514. The molecule has 0 atom stereocenters. The third-order valence-electron chi connectivity index (χ3n) is 7.32. The number of rotatable bonds is 2. The maximum atomic E-state index is 6.34. The van der Waals surface area contributed by atoms with E-state index in [1.165, 1.54) is 0 Å². The summed E-state index contributed by atoms with van der Waals surface area (Å²) in [6.45, 7) is 0. The molecule has 8 aromatic rings. The predicted molar refractivity (Wildman–Crippen MR) is 158 cm³/mol. The normalized spacial score (nSPS) is 11.8. The maximum Gasteiger partial charge on any atom is 0.246 e. The van der Waals surface area contributed by atoms with Gasteiger partial charge in [0.15, 0.2) is 0 Å². The molecule has 0 aliphatic heterocycles. The quantitative estimate of drug-likeness (QED) is 0.219. The highest BCUT2D eigenvalue weighted by molar-refractivity contribution is 6.32. The summed E-state index contributed by atoms with van der Waals surface area (Å²) in [6.07, 6.45) is 0. The highest BCUT2D eigenvalue weighted by atomic mass is 35.5. The molecule has 0 saturated carbocycles. The van der Waals surface area contributed by atoms with E-state index in [9.17, 15) is 0 Å². The van der Waals surface area contributed by atoms with Crippen LogP contribution in [0.25, 0.3) is 77.0 Å². The zero-order valence-corrected chi connectivity index (χ0v) is 20.9. The van der Waals surface area contributed by atoms with Crippen LogP contribution in [0.5, 0.6) is 0 Å². The molecule has 8 rings (SSSR count). The Morgan fingerprint density at radius 1 is 0.447 bits per heavy atom. The third kappa shape index (κ3) is 3.22. The summed E-state index contributed by atoms with van der Waals surface area (Å²) in [5.41, 5.74) is 8.24. The van der Waals surface area contributed by atoms with Gasteiger partial charge in [-0.25, -0.2) is 9.97 Å². The number of nitrogens with zero attached hydrogens (tertiary/aromatic N) is 2. The van der Waals surface area contributed by atoms with E-state index in [0.717, 1.165) is 71.3 Å². The van der Waals surface area contributed by atoms with Crippen LogP contribution >= 0.6 is 11.6 Å². The first-order chi connectivity index (χ1) is 18.7. The van der Waals surface area contributed by atoms with Gasteiger partial charge in [0, 0.05) is 15.8 Å². The Bertz CT molecular complexity index is 2180. The molecule has 6 aromatic carbocycles. The first kappa shape index (κ1) is 21.4. The molecule has 0 aliphatic carbocycles. The van der Waals surface area contributed by atoms with Crippen LogP contribution in [-0.4, -0.2) is 9.97 Å². The second-order valence-corrected chi connectivity index (χ2v) is 10.0. The van der Waals surface area contributed by atoms with Crippen molar-refractivity contribution in [1.29, 1.82) is 0 Å². The average Bonchev–Trinajstić information content (AvgIpc) is 3.33. The number of aromatic nitrogens is 2. The van der Waals surface area contributed by atoms with Crippen molar-refractivity contribution < 1.29 is 4.42 Å². The first-order valence-corrected chi connectivity index (χ1v) is 12.9. The van der Waals surface area contributed by atoms with Crippen molar-refractivity contribution in [3.63, 3.8) is 0 Å². The lowest BCUT2D eigenvalue weighted by atomic mass is 9.93.